The Labute approximate surface area is 90.0 Å². The molecule has 0 saturated heterocycles. The first-order chi connectivity index (χ1) is 6.24. The van der Waals surface area contributed by atoms with Gasteiger partial charge < -0.3 is 9.47 Å². The third-order valence-electron chi connectivity index (χ3n) is 2.26. The van der Waals surface area contributed by atoms with Gasteiger partial charge >= 0.3 is 0 Å². The molecule has 0 aromatic heterocycles. The second-order valence-electron chi connectivity index (χ2n) is 4.74. The van der Waals surface area contributed by atoms with Crippen LogP contribution in [0.5, 0.6) is 0 Å². The van der Waals surface area contributed by atoms with Gasteiger partial charge in [-0.3, -0.25) is 0 Å². The Balaban J connectivity index is 0. The molecule has 0 rings (SSSR count). The molecule has 14 heavy (non-hydrogen) atoms. The van der Waals surface area contributed by atoms with Gasteiger partial charge in [-0.1, -0.05) is 13.8 Å². The molecule has 0 aromatic rings. The van der Waals surface area contributed by atoms with Gasteiger partial charge in [-0.15, -0.1) is 0 Å². The molecule has 0 N–H and O–H groups in total. The minimum atomic E-state index is 0.0273. The van der Waals surface area contributed by atoms with Gasteiger partial charge in [0.2, 0.25) is 0 Å². The summed E-state index contributed by atoms with van der Waals surface area (Å²) in [5, 5.41) is 0. The Hall–Kier alpha value is -0.0800. The highest BCUT2D eigenvalue weighted by Gasteiger charge is 2.25. The predicted octanol–water partition coefficient (Wildman–Crippen LogP) is 3.64. The number of rotatable bonds is 4. The molecule has 0 unspecified atom stereocenters. The smallest absolute Gasteiger partial charge is 0.0631 e. The zero-order valence-electron chi connectivity index (χ0n) is 11.2. The van der Waals surface area contributed by atoms with Gasteiger partial charge in [0.1, 0.15) is 0 Å². The van der Waals surface area contributed by atoms with Crippen molar-refractivity contribution in [3.63, 3.8) is 0 Å². The molecule has 0 aliphatic heterocycles. The van der Waals surface area contributed by atoms with Gasteiger partial charge in [0.15, 0.2) is 0 Å². The van der Waals surface area contributed by atoms with E-state index in [-0.39, 0.29) is 11.2 Å². The molecule has 0 radical (unpaired) electrons. The van der Waals surface area contributed by atoms with Crippen LogP contribution in [-0.2, 0) is 9.47 Å². The summed E-state index contributed by atoms with van der Waals surface area (Å²) in [6.07, 6.45) is 2.13. The van der Waals surface area contributed by atoms with Crippen molar-refractivity contribution in [3.8, 4) is 0 Å². The summed E-state index contributed by atoms with van der Waals surface area (Å²) in [7, 11) is 3.25. The molecule has 0 atom stereocenters. The summed E-state index contributed by atoms with van der Waals surface area (Å²) in [4.78, 5) is 0. The Morgan fingerprint density at radius 3 is 1.14 bits per heavy atom. The van der Waals surface area contributed by atoms with E-state index in [1.807, 2.05) is 0 Å². The molecule has 2 nitrogen and oxygen atoms in total. The van der Waals surface area contributed by atoms with E-state index in [4.69, 9.17) is 4.74 Å². The lowest BCUT2D eigenvalue weighted by Gasteiger charge is -2.34. The molecule has 0 fully saturated rings. The highest BCUT2D eigenvalue weighted by atomic mass is 16.5. The number of hydrogen-bond acceptors (Lipinski definition) is 2. The van der Waals surface area contributed by atoms with E-state index in [1.165, 1.54) is 0 Å². The zero-order chi connectivity index (χ0) is 11.8. The van der Waals surface area contributed by atoms with Gasteiger partial charge in [0.25, 0.3) is 0 Å². The van der Waals surface area contributed by atoms with E-state index in [0.717, 1.165) is 12.8 Å². The molecule has 0 aliphatic rings. The van der Waals surface area contributed by atoms with Crippen molar-refractivity contribution in [2.45, 2.75) is 65.6 Å². The van der Waals surface area contributed by atoms with Crippen LogP contribution in [-0.4, -0.2) is 25.4 Å². The quantitative estimate of drug-likeness (QED) is 0.696. The van der Waals surface area contributed by atoms with E-state index in [2.05, 4.69) is 46.3 Å². The molecule has 2 heteroatoms. The van der Waals surface area contributed by atoms with E-state index in [1.54, 1.807) is 14.2 Å². The van der Waals surface area contributed by atoms with Crippen molar-refractivity contribution in [3.05, 3.63) is 0 Å². The van der Waals surface area contributed by atoms with Crippen molar-refractivity contribution in [2.75, 3.05) is 14.2 Å². The fraction of sp³-hybridized carbons (Fsp3) is 1.00. The fourth-order valence-electron chi connectivity index (χ4n) is 0.892. The fourth-order valence-corrected chi connectivity index (χ4v) is 0.892. The number of ether oxygens (including phenoxy) is 2. The SMILES string of the molecule is CCC(C)(C)OC(C)(C)CC.COC. The van der Waals surface area contributed by atoms with Crippen molar-refractivity contribution in [2.24, 2.45) is 0 Å². The Kier molecular flexibility index (Phi) is 8.46. The first-order valence-corrected chi connectivity index (χ1v) is 5.35. The number of methoxy groups -OCH3 is 1. The first-order valence-electron chi connectivity index (χ1n) is 5.35. The molecular weight excluding hydrogens is 176 g/mol. The van der Waals surface area contributed by atoms with Crippen LogP contribution in [0, 0.1) is 0 Å². The minimum absolute atomic E-state index is 0.0273. The molecule has 88 valence electrons. The van der Waals surface area contributed by atoms with Crippen LogP contribution in [0.2, 0.25) is 0 Å². The molecule has 0 aromatic carbocycles. The standard InChI is InChI=1S/C10H22O.C2H6O/c1-7-9(3,4)11-10(5,6)8-2;1-3-2/h7-8H2,1-6H3;1-2H3. The number of hydrogen-bond donors (Lipinski definition) is 0. The van der Waals surface area contributed by atoms with Crippen molar-refractivity contribution in [1.29, 1.82) is 0 Å². The topological polar surface area (TPSA) is 18.5 Å². The molecule has 0 spiro atoms. The van der Waals surface area contributed by atoms with Crippen LogP contribution in [0.3, 0.4) is 0 Å². The molecule has 0 bridgehead atoms. The highest BCUT2D eigenvalue weighted by Crippen LogP contribution is 2.24. The molecule has 0 amide bonds. The molecule has 0 saturated carbocycles. The maximum absolute atomic E-state index is 5.92. The van der Waals surface area contributed by atoms with Gasteiger partial charge in [-0.2, -0.15) is 0 Å². The van der Waals surface area contributed by atoms with Crippen LogP contribution in [0.4, 0.5) is 0 Å². The van der Waals surface area contributed by atoms with E-state index in [0.29, 0.717) is 0 Å². The second-order valence-corrected chi connectivity index (χ2v) is 4.74. The largest absolute Gasteiger partial charge is 0.388 e. The van der Waals surface area contributed by atoms with E-state index < -0.39 is 0 Å². The van der Waals surface area contributed by atoms with E-state index in [9.17, 15) is 0 Å². The van der Waals surface area contributed by atoms with Crippen LogP contribution >= 0.6 is 0 Å². The highest BCUT2D eigenvalue weighted by molar-refractivity contribution is 4.74. The zero-order valence-corrected chi connectivity index (χ0v) is 11.2. The average Bonchev–Trinajstić information content (AvgIpc) is 2.04. The summed E-state index contributed by atoms with van der Waals surface area (Å²) < 4.78 is 10.2. The lowest BCUT2D eigenvalue weighted by atomic mass is 10.0. The third-order valence-corrected chi connectivity index (χ3v) is 2.26. The Morgan fingerprint density at radius 1 is 0.786 bits per heavy atom. The maximum Gasteiger partial charge on any atom is 0.0631 e. The van der Waals surface area contributed by atoms with Gasteiger partial charge in [-0.05, 0) is 40.5 Å². The van der Waals surface area contributed by atoms with Crippen LogP contribution < -0.4 is 0 Å². The van der Waals surface area contributed by atoms with Crippen molar-refractivity contribution < 1.29 is 9.47 Å². The van der Waals surface area contributed by atoms with Crippen molar-refractivity contribution in [1.82, 2.24) is 0 Å². The van der Waals surface area contributed by atoms with Gasteiger partial charge in [-0.25, -0.2) is 0 Å². The van der Waals surface area contributed by atoms with E-state index >= 15 is 0 Å². The summed E-state index contributed by atoms with van der Waals surface area (Å²) >= 11 is 0. The summed E-state index contributed by atoms with van der Waals surface area (Å²) in [6, 6.07) is 0. The van der Waals surface area contributed by atoms with Crippen LogP contribution in [0.25, 0.3) is 0 Å². The van der Waals surface area contributed by atoms with Crippen molar-refractivity contribution >= 4 is 0 Å². The van der Waals surface area contributed by atoms with Gasteiger partial charge in [0, 0.05) is 14.2 Å². The minimum Gasteiger partial charge on any atom is -0.388 e. The van der Waals surface area contributed by atoms with Crippen LogP contribution in [0.1, 0.15) is 54.4 Å². The average molecular weight is 204 g/mol. The second kappa shape index (κ2) is 7.24. The summed E-state index contributed by atoms with van der Waals surface area (Å²) in [5.41, 5.74) is 0.0546. The summed E-state index contributed by atoms with van der Waals surface area (Å²) in [6.45, 7) is 12.9. The maximum atomic E-state index is 5.92. The monoisotopic (exact) mass is 204 g/mol. The normalized spacial score (nSPS) is 12.0. The lowest BCUT2D eigenvalue weighted by molar-refractivity contribution is -0.124. The predicted molar refractivity (Wildman–Crippen MR) is 62.8 cm³/mol. The molecule has 0 aliphatic carbocycles. The molecular formula is C12H28O2. The molecule has 0 heterocycles. The third kappa shape index (κ3) is 10.0. The summed E-state index contributed by atoms with van der Waals surface area (Å²) in [5.74, 6) is 0. The lowest BCUT2D eigenvalue weighted by Crippen LogP contribution is -2.35. The Bertz CT molecular complexity index is 114. The first kappa shape index (κ1) is 16.4. The van der Waals surface area contributed by atoms with Crippen LogP contribution in [0.15, 0.2) is 0 Å². The van der Waals surface area contributed by atoms with Gasteiger partial charge in [0.05, 0.1) is 11.2 Å². The Morgan fingerprint density at radius 2 is 1.00 bits per heavy atom.